The third-order valence-corrected chi connectivity index (χ3v) is 13.2. The molecule has 0 aromatic rings. The highest BCUT2D eigenvalue weighted by molar-refractivity contribution is 5.81. The van der Waals surface area contributed by atoms with Crippen molar-refractivity contribution in [2.24, 2.45) is 0 Å². The molecule has 1 aliphatic heterocycles. The van der Waals surface area contributed by atoms with Crippen molar-refractivity contribution < 1.29 is 49.3 Å². The Balaban J connectivity index is 2.79. The maximum atomic E-state index is 13.4. The number of esters is 1. The van der Waals surface area contributed by atoms with Gasteiger partial charge in [0.25, 0.3) is 0 Å². The van der Waals surface area contributed by atoms with Crippen LogP contribution in [0.5, 0.6) is 0 Å². The van der Waals surface area contributed by atoms with Crippen LogP contribution in [0, 0.1) is 0 Å². The molecule has 446 valence electrons. The van der Waals surface area contributed by atoms with Gasteiger partial charge in [-0.2, -0.15) is 0 Å². The molecule has 0 aromatic heterocycles. The van der Waals surface area contributed by atoms with E-state index in [9.17, 15) is 35.1 Å². The van der Waals surface area contributed by atoms with Gasteiger partial charge >= 0.3 is 5.97 Å². The number of nitrogens with one attached hydrogen (secondary N) is 1. The highest BCUT2D eigenvalue weighted by Crippen LogP contribution is 2.26. The molecule has 11 heteroatoms. The second-order valence-electron chi connectivity index (χ2n) is 20.3. The number of carbonyl (C=O) groups is 2. The van der Waals surface area contributed by atoms with Crippen molar-refractivity contribution >= 4 is 11.9 Å². The van der Waals surface area contributed by atoms with Crippen LogP contribution < -0.4 is 5.32 Å². The molecule has 0 saturated carbocycles. The van der Waals surface area contributed by atoms with Gasteiger partial charge in [-0.3, -0.25) is 9.59 Å². The smallest absolute Gasteiger partial charge is 0.306 e. The number of hydrogen-bond donors (Lipinski definition) is 6. The maximum absolute atomic E-state index is 13.4. The minimum absolute atomic E-state index is 0.0459. The van der Waals surface area contributed by atoms with Crippen LogP contribution in [-0.2, 0) is 23.8 Å². The lowest BCUT2D eigenvalue weighted by Crippen LogP contribution is -2.61. The zero-order valence-electron chi connectivity index (χ0n) is 49.2. The molecule has 0 bridgehead atoms. The van der Waals surface area contributed by atoms with E-state index < -0.39 is 67.4 Å². The topological polar surface area (TPSA) is 175 Å². The molecule has 79 heavy (non-hydrogen) atoms. The van der Waals surface area contributed by atoms with Crippen LogP contribution in [0.3, 0.4) is 0 Å². The molecule has 0 spiro atoms. The summed E-state index contributed by atoms with van der Waals surface area (Å²) in [5.74, 6) is -1.33. The molecule has 0 aromatic carbocycles. The summed E-state index contributed by atoms with van der Waals surface area (Å²) in [5.41, 5.74) is 0. The van der Waals surface area contributed by atoms with Crippen molar-refractivity contribution in [1.29, 1.82) is 0 Å². The molecular formula is C68H109NO10. The second kappa shape index (κ2) is 54.1. The molecule has 11 nitrogen and oxygen atoms in total. The second-order valence-corrected chi connectivity index (χ2v) is 20.3. The number of ether oxygens (including phenoxy) is 3. The lowest BCUT2D eigenvalue weighted by atomic mass is 9.99. The Kier molecular flexibility index (Phi) is 49.7. The maximum Gasteiger partial charge on any atom is 0.306 e. The Morgan fingerprint density at radius 2 is 0.911 bits per heavy atom. The van der Waals surface area contributed by atoms with E-state index in [1.54, 1.807) is 12.2 Å². The molecule has 1 heterocycles. The predicted octanol–water partition coefficient (Wildman–Crippen LogP) is 14.6. The van der Waals surface area contributed by atoms with Crippen molar-refractivity contribution in [2.45, 2.75) is 256 Å². The first-order valence-electron chi connectivity index (χ1n) is 30.6. The largest absolute Gasteiger partial charge is 0.454 e. The summed E-state index contributed by atoms with van der Waals surface area (Å²) in [6, 6.07) is -1.08. The van der Waals surface area contributed by atoms with E-state index in [2.05, 4.69) is 142 Å². The van der Waals surface area contributed by atoms with E-state index in [1.165, 1.54) is 51.4 Å². The predicted molar refractivity (Wildman–Crippen MR) is 328 cm³/mol. The zero-order valence-corrected chi connectivity index (χ0v) is 49.2. The Morgan fingerprint density at radius 3 is 1.37 bits per heavy atom. The summed E-state index contributed by atoms with van der Waals surface area (Å²) >= 11 is 0. The Hall–Kier alpha value is -4.46. The van der Waals surface area contributed by atoms with Crippen molar-refractivity contribution in [3.05, 3.63) is 146 Å². The number of rotatable bonds is 49. The highest BCUT2D eigenvalue weighted by Gasteiger charge is 2.47. The Labute approximate surface area is 479 Å². The average molecular weight is 1100 g/mol. The lowest BCUT2D eigenvalue weighted by Gasteiger charge is -2.41. The Morgan fingerprint density at radius 1 is 0.506 bits per heavy atom. The lowest BCUT2D eigenvalue weighted by molar-refractivity contribution is -0.305. The van der Waals surface area contributed by atoms with Crippen LogP contribution in [0.2, 0.25) is 0 Å². The van der Waals surface area contributed by atoms with Crippen molar-refractivity contribution in [3.63, 3.8) is 0 Å². The van der Waals surface area contributed by atoms with E-state index in [-0.39, 0.29) is 19.4 Å². The van der Waals surface area contributed by atoms with Crippen LogP contribution in [-0.4, -0.2) is 99.6 Å². The molecule has 1 aliphatic rings. The third kappa shape index (κ3) is 42.1. The van der Waals surface area contributed by atoms with E-state index in [4.69, 9.17) is 14.2 Å². The van der Waals surface area contributed by atoms with E-state index in [0.717, 1.165) is 109 Å². The number of allylic oxidation sites excluding steroid dienone is 22. The zero-order chi connectivity index (χ0) is 57.5. The third-order valence-electron chi connectivity index (χ3n) is 13.2. The molecule has 1 saturated heterocycles. The van der Waals surface area contributed by atoms with Gasteiger partial charge < -0.3 is 45.1 Å². The van der Waals surface area contributed by atoms with Gasteiger partial charge in [-0.05, 0) is 103 Å². The number of amides is 1. The average Bonchev–Trinajstić information content (AvgIpc) is 3.49. The highest BCUT2D eigenvalue weighted by atomic mass is 16.7. The van der Waals surface area contributed by atoms with Crippen LogP contribution in [0.15, 0.2) is 146 Å². The summed E-state index contributed by atoms with van der Waals surface area (Å²) in [6.45, 7) is 5.48. The van der Waals surface area contributed by atoms with Gasteiger partial charge in [0.15, 0.2) is 12.4 Å². The van der Waals surface area contributed by atoms with Crippen molar-refractivity contribution in [2.75, 3.05) is 13.2 Å². The van der Waals surface area contributed by atoms with E-state index >= 15 is 0 Å². The molecule has 1 rings (SSSR count). The molecule has 1 amide bonds. The minimum Gasteiger partial charge on any atom is -0.454 e. The van der Waals surface area contributed by atoms with Gasteiger partial charge in [-0.25, -0.2) is 0 Å². The molecule has 1 fully saturated rings. The van der Waals surface area contributed by atoms with Crippen LogP contribution in [0.1, 0.15) is 207 Å². The van der Waals surface area contributed by atoms with Crippen LogP contribution >= 0.6 is 0 Å². The monoisotopic (exact) mass is 1100 g/mol. The molecule has 6 N–H and O–H groups in total. The van der Waals surface area contributed by atoms with Gasteiger partial charge in [0.05, 0.1) is 25.4 Å². The standard InChI is InChI=1S/C68H109NO10/c1-4-7-10-13-16-19-22-25-27-29-31-33-35-38-41-44-47-50-53-56-63(73)79-66-65(75)64(74)62(57-70)78-68(66)77-58-59(60(71)54-51-48-45-42-39-36-24-21-18-15-12-9-6-3)69-67(76)61(72)55-52-49-46-43-40-37-34-32-30-28-26-23-20-17-14-11-8-5-2/h7-8,10-11,16-17,19-20,25-28,31-34,38,40-41,43,49,51-52,54,59-62,64-66,68,70-72,74-75H,4-6,9,12-15,18,21-24,29-30,35-37,39,42,44-48,50,53,55-58H2,1-3H3,(H,69,76)/b10-7-,11-8-,19-16-,20-17-,27-25-,28-26-,33-31-,34-32-,41-38-,43-40-,52-49-,54-51+. The van der Waals surface area contributed by atoms with Gasteiger partial charge in [0.2, 0.25) is 5.91 Å². The number of aliphatic hydroxyl groups is 5. The summed E-state index contributed by atoms with van der Waals surface area (Å²) < 4.78 is 17.5. The van der Waals surface area contributed by atoms with Crippen LogP contribution in [0.25, 0.3) is 0 Å². The van der Waals surface area contributed by atoms with Gasteiger partial charge in [-0.15, -0.1) is 0 Å². The first-order valence-corrected chi connectivity index (χ1v) is 30.6. The summed E-state index contributed by atoms with van der Waals surface area (Å²) in [7, 11) is 0. The normalized spacial score (nSPS) is 19.9. The number of aliphatic hydroxyl groups excluding tert-OH is 5. The first kappa shape index (κ1) is 72.6. The van der Waals surface area contributed by atoms with Gasteiger partial charge in [0.1, 0.15) is 24.4 Å². The fourth-order valence-corrected chi connectivity index (χ4v) is 8.46. The molecular weight excluding hydrogens is 991 g/mol. The van der Waals surface area contributed by atoms with Gasteiger partial charge in [-0.1, -0.05) is 237 Å². The quantitative estimate of drug-likeness (QED) is 0.0195. The van der Waals surface area contributed by atoms with E-state index in [0.29, 0.717) is 12.8 Å². The van der Waals surface area contributed by atoms with Crippen molar-refractivity contribution in [3.8, 4) is 0 Å². The Bertz CT molecular complexity index is 1840. The van der Waals surface area contributed by atoms with Crippen molar-refractivity contribution in [1.82, 2.24) is 5.32 Å². The molecule has 8 unspecified atom stereocenters. The SMILES string of the molecule is CC/C=C\C/C=C\C/C=C\C/C=C\C/C=C\C/C=C\CC(O)C(=O)NC(COC1OC(CO)C(O)C(O)C1OC(=O)CCCCC/C=C\C/C=C\C/C=C\C/C=C\C/C=C\CC)C(O)/C=C/CCCCCCCCCCCCC. The summed E-state index contributed by atoms with van der Waals surface area (Å²) in [5, 5.41) is 56.8. The fraction of sp³-hybridized carbons (Fsp3) is 0.618. The van der Waals surface area contributed by atoms with Crippen LogP contribution in [0.4, 0.5) is 0 Å². The summed E-state index contributed by atoms with van der Waals surface area (Å²) in [4.78, 5) is 26.5. The summed E-state index contributed by atoms with van der Waals surface area (Å²) in [6.07, 6.45) is 67.5. The fourth-order valence-electron chi connectivity index (χ4n) is 8.46. The van der Waals surface area contributed by atoms with E-state index in [1.807, 2.05) is 18.2 Å². The molecule has 0 aliphatic carbocycles. The number of unbranched alkanes of at least 4 members (excludes halogenated alkanes) is 14. The molecule has 8 atom stereocenters. The minimum atomic E-state index is -1.65. The number of carbonyl (C=O) groups excluding carboxylic acids is 2. The molecule has 0 radical (unpaired) electrons. The number of hydrogen-bond acceptors (Lipinski definition) is 10. The van der Waals surface area contributed by atoms with Gasteiger partial charge in [0, 0.05) is 12.8 Å². The first-order chi connectivity index (χ1) is 38.7.